The van der Waals surface area contributed by atoms with Crippen LogP contribution in [0.1, 0.15) is 31.2 Å². The SMILES string of the molecule is Cc1cccc(N(C)C(=O)C2(C(N)=NO)CCCC2)c1. The molecule has 0 spiro atoms. The number of hydrogen-bond donors (Lipinski definition) is 2. The number of carbonyl (C=O) groups is 1. The first-order valence-electron chi connectivity index (χ1n) is 6.84. The average molecular weight is 275 g/mol. The normalized spacial score (nSPS) is 18.0. The lowest BCUT2D eigenvalue weighted by molar-refractivity contribution is -0.124. The van der Waals surface area contributed by atoms with Gasteiger partial charge >= 0.3 is 0 Å². The zero-order chi connectivity index (χ0) is 14.8. The van der Waals surface area contributed by atoms with E-state index in [1.54, 1.807) is 11.9 Å². The van der Waals surface area contributed by atoms with Crippen molar-refractivity contribution in [3.05, 3.63) is 29.8 Å². The first-order valence-corrected chi connectivity index (χ1v) is 6.84. The molecule has 0 bridgehead atoms. The summed E-state index contributed by atoms with van der Waals surface area (Å²) >= 11 is 0. The van der Waals surface area contributed by atoms with Crippen LogP contribution in [0.2, 0.25) is 0 Å². The van der Waals surface area contributed by atoms with Crippen molar-refractivity contribution in [2.75, 3.05) is 11.9 Å². The van der Waals surface area contributed by atoms with E-state index in [9.17, 15) is 4.79 Å². The van der Waals surface area contributed by atoms with Gasteiger partial charge in [0.15, 0.2) is 5.84 Å². The van der Waals surface area contributed by atoms with Gasteiger partial charge in [0, 0.05) is 12.7 Å². The molecule has 108 valence electrons. The number of aryl methyl sites for hydroxylation is 1. The minimum absolute atomic E-state index is 0.0273. The predicted molar refractivity (Wildman–Crippen MR) is 78.9 cm³/mol. The molecule has 0 atom stereocenters. The number of amidine groups is 1. The maximum Gasteiger partial charge on any atom is 0.240 e. The number of oxime groups is 1. The second kappa shape index (κ2) is 5.53. The van der Waals surface area contributed by atoms with E-state index in [4.69, 9.17) is 10.9 Å². The molecule has 5 heteroatoms. The summed E-state index contributed by atoms with van der Waals surface area (Å²) in [6.45, 7) is 1.98. The standard InChI is InChI=1S/C15H21N3O2/c1-11-6-5-7-12(10-11)18(2)14(19)15(13(16)17-20)8-3-4-9-15/h5-7,10,20H,3-4,8-9H2,1-2H3,(H2,16,17). The molecule has 0 saturated heterocycles. The van der Waals surface area contributed by atoms with Gasteiger partial charge in [-0.2, -0.15) is 0 Å². The van der Waals surface area contributed by atoms with Crippen LogP contribution in [-0.2, 0) is 4.79 Å². The molecule has 0 aliphatic heterocycles. The largest absolute Gasteiger partial charge is 0.409 e. The summed E-state index contributed by atoms with van der Waals surface area (Å²) in [6, 6.07) is 7.74. The molecule has 0 unspecified atom stereocenters. The number of amides is 1. The minimum atomic E-state index is -0.854. The Balaban J connectivity index is 2.33. The van der Waals surface area contributed by atoms with E-state index < -0.39 is 5.41 Å². The van der Waals surface area contributed by atoms with Gasteiger partial charge in [0.05, 0.1) is 0 Å². The van der Waals surface area contributed by atoms with Crippen LogP contribution in [0.5, 0.6) is 0 Å². The van der Waals surface area contributed by atoms with Crippen molar-refractivity contribution in [2.24, 2.45) is 16.3 Å². The van der Waals surface area contributed by atoms with E-state index in [1.165, 1.54) is 0 Å². The van der Waals surface area contributed by atoms with Crippen LogP contribution >= 0.6 is 0 Å². The van der Waals surface area contributed by atoms with Crippen molar-refractivity contribution >= 4 is 17.4 Å². The number of benzene rings is 1. The molecule has 1 aliphatic carbocycles. The smallest absolute Gasteiger partial charge is 0.240 e. The van der Waals surface area contributed by atoms with Gasteiger partial charge in [-0.25, -0.2) is 0 Å². The number of nitrogens with zero attached hydrogens (tertiary/aromatic N) is 2. The fraction of sp³-hybridized carbons (Fsp3) is 0.467. The fourth-order valence-electron chi connectivity index (χ4n) is 2.93. The third-order valence-corrected chi connectivity index (χ3v) is 4.16. The number of carbonyl (C=O) groups excluding carboxylic acids is 1. The van der Waals surface area contributed by atoms with Crippen molar-refractivity contribution in [2.45, 2.75) is 32.6 Å². The summed E-state index contributed by atoms with van der Waals surface area (Å²) in [4.78, 5) is 14.4. The molecule has 3 N–H and O–H groups in total. The molecule has 1 fully saturated rings. The molecule has 0 heterocycles. The summed E-state index contributed by atoms with van der Waals surface area (Å²) in [5, 5.41) is 12.1. The number of rotatable bonds is 3. The lowest BCUT2D eigenvalue weighted by Gasteiger charge is -2.31. The van der Waals surface area contributed by atoms with Crippen molar-refractivity contribution < 1.29 is 10.0 Å². The zero-order valence-electron chi connectivity index (χ0n) is 12.0. The van der Waals surface area contributed by atoms with Gasteiger partial charge in [0.25, 0.3) is 0 Å². The van der Waals surface area contributed by atoms with Crippen LogP contribution in [-0.4, -0.2) is 24.0 Å². The van der Waals surface area contributed by atoms with Crippen molar-refractivity contribution in [3.63, 3.8) is 0 Å². The summed E-state index contributed by atoms with van der Waals surface area (Å²) in [6.07, 6.45) is 3.11. The fourth-order valence-corrected chi connectivity index (χ4v) is 2.93. The van der Waals surface area contributed by atoms with Gasteiger partial charge in [-0.1, -0.05) is 30.1 Å². The van der Waals surface area contributed by atoms with E-state index in [1.807, 2.05) is 31.2 Å². The molecular weight excluding hydrogens is 254 g/mol. The summed E-state index contributed by atoms with van der Waals surface area (Å²) < 4.78 is 0. The Labute approximate surface area is 119 Å². The first-order chi connectivity index (χ1) is 9.51. The Hall–Kier alpha value is -2.04. The van der Waals surface area contributed by atoms with Crippen LogP contribution in [0.4, 0.5) is 5.69 Å². The molecule has 1 aliphatic rings. The molecule has 0 radical (unpaired) electrons. The van der Waals surface area contributed by atoms with Gasteiger partial charge in [0.2, 0.25) is 5.91 Å². The number of nitrogens with two attached hydrogens (primary N) is 1. The van der Waals surface area contributed by atoms with E-state index in [-0.39, 0.29) is 11.7 Å². The molecule has 20 heavy (non-hydrogen) atoms. The molecule has 5 nitrogen and oxygen atoms in total. The molecule has 1 amide bonds. The predicted octanol–water partition coefficient (Wildman–Crippen LogP) is 2.26. The van der Waals surface area contributed by atoms with E-state index in [0.29, 0.717) is 12.8 Å². The highest BCUT2D eigenvalue weighted by Crippen LogP contribution is 2.40. The van der Waals surface area contributed by atoms with Gasteiger partial charge in [-0.05, 0) is 37.5 Å². The van der Waals surface area contributed by atoms with Crippen molar-refractivity contribution in [3.8, 4) is 0 Å². The summed E-state index contributed by atoms with van der Waals surface area (Å²) in [5.74, 6) is -0.0737. The third-order valence-electron chi connectivity index (χ3n) is 4.16. The molecular formula is C15H21N3O2. The summed E-state index contributed by atoms with van der Waals surface area (Å²) in [7, 11) is 1.74. The minimum Gasteiger partial charge on any atom is -0.409 e. The molecule has 0 aromatic heterocycles. The Morgan fingerprint density at radius 2 is 2.05 bits per heavy atom. The Bertz CT molecular complexity index is 534. The first kappa shape index (κ1) is 14.4. The Kier molecular flexibility index (Phi) is 3.97. The molecule has 1 aromatic carbocycles. The topological polar surface area (TPSA) is 78.9 Å². The van der Waals surface area contributed by atoms with Gasteiger partial charge < -0.3 is 15.8 Å². The highest BCUT2D eigenvalue weighted by atomic mass is 16.4. The van der Waals surface area contributed by atoms with Gasteiger partial charge in [0.1, 0.15) is 5.41 Å². The maximum atomic E-state index is 12.8. The van der Waals surface area contributed by atoms with E-state index in [2.05, 4.69) is 5.16 Å². The monoisotopic (exact) mass is 275 g/mol. The van der Waals surface area contributed by atoms with Crippen LogP contribution in [0.25, 0.3) is 0 Å². The second-order valence-electron chi connectivity index (χ2n) is 5.48. The van der Waals surface area contributed by atoms with Crippen LogP contribution in [0.3, 0.4) is 0 Å². The zero-order valence-corrected chi connectivity index (χ0v) is 12.0. The average Bonchev–Trinajstić information content (AvgIpc) is 2.95. The number of hydrogen-bond acceptors (Lipinski definition) is 3. The van der Waals surface area contributed by atoms with Gasteiger partial charge in [-0.3, -0.25) is 4.79 Å². The molecule has 1 aromatic rings. The van der Waals surface area contributed by atoms with Crippen molar-refractivity contribution in [1.82, 2.24) is 0 Å². The van der Waals surface area contributed by atoms with Crippen LogP contribution in [0.15, 0.2) is 29.4 Å². The maximum absolute atomic E-state index is 12.8. The van der Waals surface area contributed by atoms with E-state index >= 15 is 0 Å². The highest BCUT2D eigenvalue weighted by Gasteiger charge is 2.47. The quantitative estimate of drug-likeness (QED) is 0.384. The van der Waals surface area contributed by atoms with E-state index in [0.717, 1.165) is 24.1 Å². The Morgan fingerprint density at radius 1 is 1.40 bits per heavy atom. The Morgan fingerprint density at radius 3 is 2.60 bits per heavy atom. The lowest BCUT2D eigenvalue weighted by atomic mass is 9.83. The number of anilines is 1. The summed E-state index contributed by atoms with van der Waals surface area (Å²) in [5.41, 5.74) is 6.87. The third kappa shape index (κ3) is 2.35. The van der Waals surface area contributed by atoms with Gasteiger partial charge in [-0.15, -0.1) is 0 Å². The second-order valence-corrected chi connectivity index (χ2v) is 5.48. The molecule has 1 saturated carbocycles. The molecule has 2 rings (SSSR count). The van der Waals surface area contributed by atoms with Crippen LogP contribution in [0, 0.1) is 12.3 Å². The highest BCUT2D eigenvalue weighted by molar-refractivity contribution is 6.12. The van der Waals surface area contributed by atoms with Crippen LogP contribution < -0.4 is 10.6 Å². The van der Waals surface area contributed by atoms with Crippen molar-refractivity contribution in [1.29, 1.82) is 0 Å². The lowest BCUT2D eigenvalue weighted by Crippen LogP contribution is -2.49.